The van der Waals surface area contributed by atoms with Gasteiger partial charge in [0.1, 0.15) is 0 Å². The lowest BCUT2D eigenvalue weighted by molar-refractivity contribution is -0.145. The van der Waals surface area contributed by atoms with Crippen LogP contribution < -0.4 is 9.47 Å². The number of aliphatic carboxylic acids is 1. The van der Waals surface area contributed by atoms with Crippen LogP contribution in [0.1, 0.15) is 32.6 Å². The summed E-state index contributed by atoms with van der Waals surface area (Å²) in [6.07, 6.45) is 1.88. The summed E-state index contributed by atoms with van der Waals surface area (Å²) in [6.45, 7) is 1.64. The molecule has 0 aromatic heterocycles. The van der Waals surface area contributed by atoms with Gasteiger partial charge in [0, 0.05) is 5.56 Å². The summed E-state index contributed by atoms with van der Waals surface area (Å²) < 4.78 is 39.6. The zero-order valence-corrected chi connectivity index (χ0v) is 14.4. The SMILES string of the molecule is CCC(Oc1ccc(-c2cccc(F)c2OC2CCC2)cc1F)C(=O)O. The van der Waals surface area contributed by atoms with Crippen molar-refractivity contribution in [1.82, 2.24) is 0 Å². The summed E-state index contributed by atoms with van der Waals surface area (Å²) in [5, 5.41) is 9.03. The molecule has 1 saturated carbocycles. The van der Waals surface area contributed by atoms with E-state index in [1.807, 2.05) is 0 Å². The molecule has 0 heterocycles. The molecule has 6 heteroatoms. The Bertz CT molecular complexity index is 802. The van der Waals surface area contributed by atoms with Gasteiger partial charge in [-0.15, -0.1) is 0 Å². The first-order chi connectivity index (χ1) is 12.5. The number of carboxylic acid groups (broad SMARTS) is 1. The fourth-order valence-corrected chi connectivity index (χ4v) is 2.74. The monoisotopic (exact) mass is 362 g/mol. The van der Waals surface area contributed by atoms with E-state index in [1.54, 1.807) is 19.1 Å². The Morgan fingerprint density at radius 3 is 2.58 bits per heavy atom. The van der Waals surface area contributed by atoms with Crippen LogP contribution in [-0.4, -0.2) is 23.3 Å². The summed E-state index contributed by atoms with van der Waals surface area (Å²) in [4.78, 5) is 11.0. The van der Waals surface area contributed by atoms with Crippen LogP contribution in [0.5, 0.6) is 11.5 Å². The molecule has 0 radical (unpaired) electrons. The quantitative estimate of drug-likeness (QED) is 0.768. The lowest BCUT2D eigenvalue weighted by Crippen LogP contribution is -2.26. The highest BCUT2D eigenvalue weighted by Gasteiger charge is 2.24. The first kappa shape index (κ1) is 18.2. The van der Waals surface area contributed by atoms with Crippen molar-refractivity contribution >= 4 is 5.97 Å². The van der Waals surface area contributed by atoms with Gasteiger partial charge in [-0.3, -0.25) is 0 Å². The molecule has 0 saturated heterocycles. The van der Waals surface area contributed by atoms with Crippen LogP contribution in [0.4, 0.5) is 8.78 Å². The fourth-order valence-electron chi connectivity index (χ4n) is 2.74. The van der Waals surface area contributed by atoms with E-state index in [1.165, 1.54) is 24.3 Å². The van der Waals surface area contributed by atoms with Crippen LogP contribution in [0.25, 0.3) is 11.1 Å². The molecule has 1 unspecified atom stereocenters. The Morgan fingerprint density at radius 1 is 1.23 bits per heavy atom. The normalized spacial score (nSPS) is 15.2. The Kier molecular flexibility index (Phi) is 5.40. The second-order valence-corrected chi connectivity index (χ2v) is 6.29. The number of halogens is 2. The summed E-state index contributed by atoms with van der Waals surface area (Å²) in [7, 11) is 0. The first-order valence-electron chi connectivity index (χ1n) is 8.64. The highest BCUT2D eigenvalue weighted by atomic mass is 19.1. The minimum atomic E-state index is -1.16. The molecule has 1 N–H and O–H groups in total. The zero-order chi connectivity index (χ0) is 18.7. The number of carboxylic acids is 1. The third kappa shape index (κ3) is 3.79. The van der Waals surface area contributed by atoms with E-state index >= 15 is 0 Å². The maximum Gasteiger partial charge on any atom is 0.344 e. The molecule has 1 atom stereocenters. The van der Waals surface area contributed by atoms with Crippen LogP contribution in [0, 0.1) is 11.6 Å². The van der Waals surface area contributed by atoms with Gasteiger partial charge < -0.3 is 14.6 Å². The number of hydrogen-bond acceptors (Lipinski definition) is 3. The number of carbonyl (C=O) groups is 1. The average molecular weight is 362 g/mol. The smallest absolute Gasteiger partial charge is 0.344 e. The Labute approximate surface area is 150 Å². The standard InChI is InChI=1S/C20H20F2O4/c1-2-17(20(23)24)26-18-10-9-12(11-16(18)22)14-7-4-8-15(21)19(14)25-13-5-3-6-13/h4,7-11,13,17H,2-3,5-6H2,1H3,(H,23,24). The van der Waals surface area contributed by atoms with Gasteiger partial charge in [0.25, 0.3) is 0 Å². The maximum atomic E-state index is 14.4. The highest BCUT2D eigenvalue weighted by molar-refractivity contribution is 5.73. The molecular weight excluding hydrogens is 342 g/mol. The molecule has 2 aromatic carbocycles. The van der Waals surface area contributed by atoms with E-state index in [-0.39, 0.29) is 24.0 Å². The number of ether oxygens (including phenoxy) is 2. The van der Waals surface area contributed by atoms with Crippen molar-refractivity contribution in [2.75, 3.05) is 0 Å². The minimum absolute atomic E-state index is 0.0148. The number of rotatable bonds is 7. The predicted octanol–water partition coefficient (Wildman–Crippen LogP) is 4.81. The van der Waals surface area contributed by atoms with Gasteiger partial charge >= 0.3 is 5.97 Å². The van der Waals surface area contributed by atoms with E-state index in [2.05, 4.69) is 0 Å². The highest BCUT2D eigenvalue weighted by Crippen LogP contribution is 2.37. The second-order valence-electron chi connectivity index (χ2n) is 6.29. The zero-order valence-electron chi connectivity index (χ0n) is 14.4. The molecule has 0 bridgehead atoms. The minimum Gasteiger partial charge on any atom is -0.487 e. The van der Waals surface area contributed by atoms with Crippen molar-refractivity contribution < 1.29 is 28.2 Å². The van der Waals surface area contributed by atoms with Crippen molar-refractivity contribution in [2.24, 2.45) is 0 Å². The van der Waals surface area contributed by atoms with Gasteiger partial charge in [-0.2, -0.15) is 0 Å². The van der Waals surface area contributed by atoms with E-state index in [0.29, 0.717) is 11.1 Å². The molecule has 1 aliphatic rings. The van der Waals surface area contributed by atoms with Crippen molar-refractivity contribution in [1.29, 1.82) is 0 Å². The van der Waals surface area contributed by atoms with E-state index < -0.39 is 23.7 Å². The van der Waals surface area contributed by atoms with Crippen molar-refractivity contribution in [3.63, 3.8) is 0 Å². The summed E-state index contributed by atoms with van der Waals surface area (Å²) in [6, 6.07) is 8.64. The Morgan fingerprint density at radius 2 is 2.00 bits per heavy atom. The topological polar surface area (TPSA) is 55.8 Å². The first-order valence-corrected chi connectivity index (χ1v) is 8.64. The second kappa shape index (κ2) is 7.72. The van der Waals surface area contributed by atoms with Crippen molar-refractivity contribution in [2.45, 2.75) is 44.8 Å². The number of para-hydroxylation sites is 1. The van der Waals surface area contributed by atoms with Crippen molar-refractivity contribution in [3.8, 4) is 22.6 Å². The summed E-state index contributed by atoms with van der Waals surface area (Å²) in [5.74, 6) is -2.39. The molecule has 0 amide bonds. The largest absolute Gasteiger partial charge is 0.487 e. The number of benzene rings is 2. The molecule has 0 spiro atoms. The van der Waals surface area contributed by atoms with Gasteiger partial charge in [0.15, 0.2) is 29.2 Å². The predicted molar refractivity (Wildman–Crippen MR) is 92.4 cm³/mol. The Hall–Kier alpha value is -2.63. The third-order valence-corrected chi connectivity index (χ3v) is 4.46. The Balaban J connectivity index is 1.89. The lowest BCUT2D eigenvalue weighted by atomic mass is 9.95. The third-order valence-electron chi connectivity index (χ3n) is 4.46. The van der Waals surface area contributed by atoms with Crippen molar-refractivity contribution in [3.05, 3.63) is 48.0 Å². The van der Waals surface area contributed by atoms with Gasteiger partial charge in [-0.1, -0.05) is 25.1 Å². The van der Waals surface area contributed by atoms with E-state index in [9.17, 15) is 13.6 Å². The summed E-state index contributed by atoms with van der Waals surface area (Å²) in [5.41, 5.74) is 0.889. The van der Waals surface area contributed by atoms with Crippen LogP contribution in [0.3, 0.4) is 0 Å². The molecule has 1 fully saturated rings. The lowest BCUT2D eigenvalue weighted by Gasteiger charge is -2.27. The molecule has 2 aromatic rings. The summed E-state index contributed by atoms with van der Waals surface area (Å²) >= 11 is 0. The fraction of sp³-hybridized carbons (Fsp3) is 0.350. The van der Waals surface area contributed by atoms with Crippen LogP contribution in [0.15, 0.2) is 36.4 Å². The molecule has 0 aliphatic heterocycles. The van der Waals surface area contributed by atoms with E-state index in [4.69, 9.17) is 14.6 Å². The van der Waals surface area contributed by atoms with Crippen LogP contribution in [0.2, 0.25) is 0 Å². The van der Waals surface area contributed by atoms with Crippen LogP contribution >= 0.6 is 0 Å². The molecular formula is C20H20F2O4. The van der Waals surface area contributed by atoms with Gasteiger partial charge in [0.2, 0.25) is 0 Å². The van der Waals surface area contributed by atoms with Gasteiger partial charge in [0.05, 0.1) is 6.10 Å². The number of hydrogen-bond donors (Lipinski definition) is 1. The molecule has 138 valence electrons. The molecule has 4 nitrogen and oxygen atoms in total. The van der Waals surface area contributed by atoms with Crippen LogP contribution in [-0.2, 0) is 4.79 Å². The average Bonchev–Trinajstić information content (AvgIpc) is 2.57. The molecule has 3 rings (SSSR count). The molecule has 26 heavy (non-hydrogen) atoms. The molecule has 1 aliphatic carbocycles. The maximum absolute atomic E-state index is 14.4. The van der Waals surface area contributed by atoms with Gasteiger partial charge in [-0.05, 0) is 49.4 Å². The van der Waals surface area contributed by atoms with E-state index in [0.717, 1.165) is 19.3 Å². The van der Waals surface area contributed by atoms with Gasteiger partial charge in [-0.25, -0.2) is 13.6 Å².